The van der Waals surface area contributed by atoms with Gasteiger partial charge in [0.15, 0.2) is 5.82 Å². The average Bonchev–Trinajstić information content (AvgIpc) is 3.23. The molecule has 0 radical (unpaired) electrons. The molecule has 3 heterocycles. The Morgan fingerprint density at radius 1 is 1.28 bits per heavy atom. The van der Waals surface area contributed by atoms with E-state index in [0.717, 1.165) is 50.4 Å². The predicted molar refractivity (Wildman–Crippen MR) is 96.4 cm³/mol. The van der Waals surface area contributed by atoms with Crippen molar-refractivity contribution < 1.29 is 4.79 Å². The first kappa shape index (κ1) is 16.1. The quantitative estimate of drug-likeness (QED) is 0.906. The number of nitrogens with one attached hydrogen (secondary N) is 1. The fourth-order valence-electron chi connectivity index (χ4n) is 3.93. The number of anilines is 1. The molecule has 0 aliphatic carbocycles. The number of fused-ring (bicyclic) bond motifs is 2. The summed E-state index contributed by atoms with van der Waals surface area (Å²) in [6, 6.07) is 9.01. The number of carbonyl (C=O) groups is 1. The number of benzene rings is 1. The standard InChI is InChI=1S/C19H25N5O/c1-14-8-9-15-5-2-3-6-16(15)23(14)12-10-19(25)20-13-18-22-21-17-7-4-11-24(17)18/h2-3,5-6,14H,4,7-13H2,1H3,(H,20,25)/t14-/m0/s1. The summed E-state index contributed by atoms with van der Waals surface area (Å²) in [5.74, 6) is 1.99. The molecule has 1 N–H and O–H groups in total. The molecule has 0 fully saturated rings. The van der Waals surface area contributed by atoms with Crippen LogP contribution in [0.5, 0.6) is 0 Å². The molecule has 2 aliphatic rings. The molecule has 4 rings (SSSR count). The average molecular weight is 339 g/mol. The summed E-state index contributed by atoms with van der Waals surface area (Å²) in [7, 11) is 0. The van der Waals surface area contributed by atoms with Crippen molar-refractivity contribution in [3.8, 4) is 0 Å². The minimum absolute atomic E-state index is 0.0746. The maximum absolute atomic E-state index is 12.3. The molecule has 1 aromatic heterocycles. The lowest BCUT2D eigenvalue weighted by Crippen LogP contribution is -2.40. The summed E-state index contributed by atoms with van der Waals surface area (Å²) in [6.07, 6.45) is 4.88. The third-order valence-electron chi connectivity index (χ3n) is 5.37. The molecule has 2 aromatic rings. The Labute approximate surface area is 148 Å². The molecule has 0 bridgehead atoms. The number of aryl methyl sites for hydroxylation is 2. The van der Waals surface area contributed by atoms with Crippen LogP contribution in [-0.4, -0.2) is 33.3 Å². The third kappa shape index (κ3) is 3.25. The van der Waals surface area contributed by atoms with E-state index in [1.165, 1.54) is 11.3 Å². The number of rotatable bonds is 5. The summed E-state index contributed by atoms with van der Waals surface area (Å²) in [6.45, 7) is 4.43. The molecule has 0 spiro atoms. The molecule has 1 atom stereocenters. The molecule has 2 aliphatic heterocycles. The van der Waals surface area contributed by atoms with E-state index in [4.69, 9.17) is 0 Å². The summed E-state index contributed by atoms with van der Waals surface area (Å²) in [5, 5.41) is 11.4. The molecule has 132 valence electrons. The van der Waals surface area contributed by atoms with E-state index in [1.807, 2.05) is 0 Å². The van der Waals surface area contributed by atoms with Crippen LogP contribution >= 0.6 is 0 Å². The highest BCUT2D eigenvalue weighted by molar-refractivity contribution is 5.76. The fraction of sp³-hybridized carbons (Fsp3) is 0.526. The molecule has 0 saturated carbocycles. The third-order valence-corrected chi connectivity index (χ3v) is 5.37. The maximum atomic E-state index is 12.3. The van der Waals surface area contributed by atoms with Crippen molar-refractivity contribution >= 4 is 11.6 Å². The molecule has 6 heteroatoms. The number of aromatic nitrogens is 3. The van der Waals surface area contributed by atoms with Gasteiger partial charge in [-0.1, -0.05) is 18.2 Å². The lowest BCUT2D eigenvalue weighted by atomic mass is 9.96. The first-order valence-electron chi connectivity index (χ1n) is 9.24. The van der Waals surface area contributed by atoms with E-state index < -0.39 is 0 Å². The second-order valence-corrected chi connectivity index (χ2v) is 7.02. The van der Waals surface area contributed by atoms with Gasteiger partial charge in [-0.15, -0.1) is 10.2 Å². The van der Waals surface area contributed by atoms with E-state index in [-0.39, 0.29) is 5.91 Å². The lowest BCUT2D eigenvalue weighted by Gasteiger charge is -2.37. The van der Waals surface area contributed by atoms with Gasteiger partial charge in [0.2, 0.25) is 5.91 Å². The highest BCUT2D eigenvalue weighted by Crippen LogP contribution is 2.30. The van der Waals surface area contributed by atoms with Crippen LogP contribution in [0.4, 0.5) is 5.69 Å². The second-order valence-electron chi connectivity index (χ2n) is 7.02. The zero-order valence-electron chi connectivity index (χ0n) is 14.7. The maximum Gasteiger partial charge on any atom is 0.222 e. The van der Waals surface area contributed by atoms with Gasteiger partial charge in [-0.3, -0.25) is 4.79 Å². The van der Waals surface area contributed by atoms with Gasteiger partial charge < -0.3 is 14.8 Å². The minimum Gasteiger partial charge on any atom is -0.368 e. The highest BCUT2D eigenvalue weighted by atomic mass is 16.1. The zero-order valence-corrected chi connectivity index (χ0v) is 14.7. The van der Waals surface area contributed by atoms with Crippen molar-refractivity contribution in [1.82, 2.24) is 20.1 Å². The van der Waals surface area contributed by atoms with Crippen LogP contribution < -0.4 is 10.2 Å². The number of hydrogen-bond donors (Lipinski definition) is 1. The van der Waals surface area contributed by atoms with E-state index >= 15 is 0 Å². The van der Waals surface area contributed by atoms with Crippen LogP contribution in [0.25, 0.3) is 0 Å². The van der Waals surface area contributed by atoms with Gasteiger partial charge >= 0.3 is 0 Å². The number of carbonyl (C=O) groups excluding carboxylic acids is 1. The van der Waals surface area contributed by atoms with Crippen molar-refractivity contribution in [2.45, 2.75) is 58.2 Å². The van der Waals surface area contributed by atoms with Gasteiger partial charge in [0.25, 0.3) is 0 Å². The Morgan fingerprint density at radius 3 is 3.08 bits per heavy atom. The van der Waals surface area contributed by atoms with Crippen LogP contribution in [0, 0.1) is 0 Å². The number of amides is 1. The topological polar surface area (TPSA) is 63.1 Å². The van der Waals surface area contributed by atoms with Gasteiger partial charge in [-0.25, -0.2) is 0 Å². The zero-order chi connectivity index (χ0) is 17.2. The minimum atomic E-state index is 0.0746. The summed E-state index contributed by atoms with van der Waals surface area (Å²) >= 11 is 0. The normalized spacial score (nSPS) is 18.8. The lowest BCUT2D eigenvalue weighted by molar-refractivity contribution is -0.121. The highest BCUT2D eigenvalue weighted by Gasteiger charge is 2.23. The fourth-order valence-corrected chi connectivity index (χ4v) is 3.93. The van der Waals surface area contributed by atoms with Crippen molar-refractivity contribution in [3.63, 3.8) is 0 Å². The van der Waals surface area contributed by atoms with E-state index in [2.05, 4.69) is 56.2 Å². The predicted octanol–water partition coefficient (Wildman–Crippen LogP) is 2.07. The Balaban J connectivity index is 1.33. The molecule has 1 amide bonds. The molecular formula is C19H25N5O. The van der Waals surface area contributed by atoms with Gasteiger partial charge in [0.1, 0.15) is 5.82 Å². The Kier molecular flexibility index (Phi) is 4.42. The number of nitrogens with zero attached hydrogens (tertiary/aromatic N) is 4. The van der Waals surface area contributed by atoms with Crippen LogP contribution in [-0.2, 0) is 30.7 Å². The molecule has 25 heavy (non-hydrogen) atoms. The second kappa shape index (κ2) is 6.86. The van der Waals surface area contributed by atoms with Crippen molar-refractivity contribution in [1.29, 1.82) is 0 Å². The molecular weight excluding hydrogens is 314 g/mol. The van der Waals surface area contributed by atoms with E-state index in [0.29, 0.717) is 19.0 Å². The summed E-state index contributed by atoms with van der Waals surface area (Å²) in [4.78, 5) is 14.7. The van der Waals surface area contributed by atoms with Crippen LogP contribution in [0.15, 0.2) is 24.3 Å². The van der Waals surface area contributed by atoms with Crippen LogP contribution in [0.3, 0.4) is 0 Å². The van der Waals surface area contributed by atoms with E-state index in [1.54, 1.807) is 0 Å². The van der Waals surface area contributed by atoms with Crippen molar-refractivity contribution in [2.24, 2.45) is 0 Å². The molecule has 1 aromatic carbocycles. The van der Waals surface area contributed by atoms with Crippen LogP contribution in [0.1, 0.15) is 43.4 Å². The van der Waals surface area contributed by atoms with Gasteiger partial charge in [-0.2, -0.15) is 0 Å². The molecule has 0 saturated heterocycles. The summed E-state index contributed by atoms with van der Waals surface area (Å²) in [5.41, 5.74) is 2.67. The number of hydrogen-bond acceptors (Lipinski definition) is 4. The van der Waals surface area contributed by atoms with Gasteiger partial charge in [0, 0.05) is 37.7 Å². The number of para-hydroxylation sites is 1. The molecule has 0 unspecified atom stereocenters. The first-order valence-corrected chi connectivity index (χ1v) is 9.24. The monoisotopic (exact) mass is 339 g/mol. The van der Waals surface area contributed by atoms with Crippen molar-refractivity contribution in [3.05, 3.63) is 41.5 Å². The van der Waals surface area contributed by atoms with Crippen molar-refractivity contribution in [2.75, 3.05) is 11.4 Å². The molecule has 6 nitrogen and oxygen atoms in total. The smallest absolute Gasteiger partial charge is 0.222 e. The Hall–Kier alpha value is -2.37. The SMILES string of the molecule is C[C@H]1CCc2ccccc2N1CCC(=O)NCc1nnc2n1CCC2. The first-order chi connectivity index (χ1) is 12.2. The van der Waals surface area contributed by atoms with E-state index in [9.17, 15) is 4.79 Å². The van der Waals surface area contributed by atoms with Gasteiger partial charge in [-0.05, 0) is 37.8 Å². The van der Waals surface area contributed by atoms with Gasteiger partial charge in [0.05, 0.1) is 6.54 Å². The van der Waals surface area contributed by atoms with Crippen LogP contribution in [0.2, 0.25) is 0 Å². The Morgan fingerprint density at radius 2 is 2.16 bits per heavy atom. The Bertz CT molecular complexity index is 769. The largest absolute Gasteiger partial charge is 0.368 e. The summed E-state index contributed by atoms with van der Waals surface area (Å²) < 4.78 is 2.13.